The van der Waals surface area contributed by atoms with E-state index in [0.29, 0.717) is 5.75 Å². The highest BCUT2D eigenvalue weighted by Gasteiger charge is 1.96. The fourth-order valence-corrected chi connectivity index (χ4v) is 1.46. The van der Waals surface area contributed by atoms with Gasteiger partial charge in [0.15, 0.2) is 0 Å². The molecule has 0 atom stereocenters. The Morgan fingerprint density at radius 3 is 1.64 bits per heavy atom. The van der Waals surface area contributed by atoms with E-state index in [1.807, 2.05) is 36.4 Å². The van der Waals surface area contributed by atoms with Crippen molar-refractivity contribution in [3.8, 4) is 16.9 Å². The number of hydrogen-bond donors (Lipinski definition) is 2. The second kappa shape index (κ2) is 3.76. The summed E-state index contributed by atoms with van der Waals surface area (Å²) in [5, 5.41) is 9.14. The summed E-state index contributed by atoms with van der Waals surface area (Å²) in [7, 11) is 0. The minimum atomic E-state index is 0.291. The molecule has 0 aliphatic heterocycles. The average molecular weight is 202 g/mol. The van der Waals surface area contributed by atoms with Gasteiger partial charge in [0.25, 0.3) is 0 Å². The van der Waals surface area contributed by atoms with E-state index in [0.717, 1.165) is 16.0 Å². The van der Waals surface area contributed by atoms with Crippen molar-refractivity contribution >= 4 is 12.6 Å². The van der Waals surface area contributed by atoms with Crippen molar-refractivity contribution in [1.82, 2.24) is 0 Å². The van der Waals surface area contributed by atoms with Gasteiger partial charge in [-0.2, -0.15) is 0 Å². The Labute approximate surface area is 88.4 Å². The molecule has 0 heterocycles. The number of phenolic OH excluding ortho intramolecular Hbond substituents is 1. The third kappa shape index (κ3) is 1.91. The lowest BCUT2D eigenvalue weighted by Crippen LogP contribution is -1.76. The van der Waals surface area contributed by atoms with Crippen LogP contribution >= 0.6 is 12.6 Å². The van der Waals surface area contributed by atoms with Crippen molar-refractivity contribution in [3.05, 3.63) is 48.5 Å². The topological polar surface area (TPSA) is 20.2 Å². The average Bonchev–Trinajstić information content (AvgIpc) is 2.21. The summed E-state index contributed by atoms with van der Waals surface area (Å²) in [6.45, 7) is 0. The largest absolute Gasteiger partial charge is 0.508 e. The normalized spacial score (nSPS) is 10.1. The van der Waals surface area contributed by atoms with Gasteiger partial charge in [-0.05, 0) is 35.4 Å². The fourth-order valence-electron chi connectivity index (χ4n) is 1.31. The summed E-state index contributed by atoms with van der Waals surface area (Å²) < 4.78 is 0. The summed E-state index contributed by atoms with van der Waals surface area (Å²) in [6.07, 6.45) is 0. The highest BCUT2D eigenvalue weighted by Crippen LogP contribution is 2.22. The molecule has 2 aromatic carbocycles. The maximum Gasteiger partial charge on any atom is 0.115 e. The van der Waals surface area contributed by atoms with E-state index in [1.165, 1.54) is 0 Å². The van der Waals surface area contributed by atoms with Crippen LogP contribution in [-0.4, -0.2) is 5.11 Å². The summed E-state index contributed by atoms with van der Waals surface area (Å²) in [5.41, 5.74) is 2.22. The Kier molecular flexibility index (Phi) is 2.46. The van der Waals surface area contributed by atoms with Crippen LogP contribution in [0, 0.1) is 0 Å². The molecule has 2 heteroatoms. The number of thiol groups is 1. The Morgan fingerprint density at radius 1 is 0.714 bits per heavy atom. The first kappa shape index (κ1) is 9.16. The Hall–Kier alpha value is -1.41. The molecule has 0 radical (unpaired) electrons. The van der Waals surface area contributed by atoms with Crippen molar-refractivity contribution in [2.45, 2.75) is 4.90 Å². The molecular weight excluding hydrogens is 192 g/mol. The first-order valence-electron chi connectivity index (χ1n) is 4.34. The molecule has 70 valence electrons. The van der Waals surface area contributed by atoms with Gasteiger partial charge in [-0.1, -0.05) is 24.3 Å². The smallest absolute Gasteiger partial charge is 0.115 e. The minimum Gasteiger partial charge on any atom is -0.508 e. The van der Waals surface area contributed by atoms with E-state index in [9.17, 15) is 0 Å². The van der Waals surface area contributed by atoms with Gasteiger partial charge in [0.2, 0.25) is 0 Å². The third-order valence-corrected chi connectivity index (χ3v) is 2.37. The number of phenols is 1. The highest BCUT2D eigenvalue weighted by atomic mass is 32.1. The SMILES string of the molecule is Oc1ccc(-c2ccc(S)cc2)cc1. The van der Waals surface area contributed by atoms with E-state index < -0.39 is 0 Å². The van der Waals surface area contributed by atoms with Crippen LogP contribution in [0.3, 0.4) is 0 Å². The third-order valence-electron chi connectivity index (χ3n) is 2.07. The summed E-state index contributed by atoms with van der Waals surface area (Å²) in [4.78, 5) is 0.951. The lowest BCUT2D eigenvalue weighted by molar-refractivity contribution is 0.475. The van der Waals surface area contributed by atoms with Crippen molar-refractivity contribution in [2.24, 2.45) is 0 Å². The molecule has 14 heavy (non-hydrogen) atoms. The van der Waals surface area contributed by atoms with Crippen LogP contribution in [0.5, 0.6) is 5.75 Å². The van der Waals surface area contributed by atoms with Gasteiger partial charge in [0.05, 0.1) is 0 Å². The maximum atomic E-state index is 9.14. The molecular formula is C12H10OS. The first-order valence-corrected chi connectivity index (χ1v) is 4.79. The molecule has 0 fully saturated rings. The summed E-state index contributed by atoms with van der Waals surface area (Å²) in [5.74, 6) is 0.291. The minimum absolute atomic E-state index is 0.291. The number of benzene rings is 2. The molecule has 0 bridgehead atoms. The van der Waals surface area contributed by atoms with Gasteiger partial charge in [0.1, 0.15) is 5.75 Å². The van der Waals surface area contributed by atoms with Crippen molar-refractivity contribution in [1.29, 1.82) is 0 Å². The number of aromatic hydroxyl groups is 1. The van der Waals surface area contributed by atoms with E-state index in [2.05, 4.69) is 12.6 Å². The Morgan fingerprint density at radius 2 is 1.14 bits per heavy atom. The van der Waals surface area contributed by atoms with Gasteiger partial charge >= 0.3 is 0 Å². The molecule has 0 aromatic heterocycles. The molecule has 2 aromatic rings. The first-order chi connectivity index (χ1) is 6.75. The molecule has 0 spiro atoms. The van der Waals surface area contributed by atoms with E-state index in [4.69, 9.17) is 5.11 Å². The van der Waals surface area contributed by atoms with Crippen LogP contribution in [0.4, 0.5) is 0 Å². The van der Waals surface area contributed by atoms with Crippen LogP contribution in [0.25, 0.3) is 11.1 Å². The van der Waals surface area contributed by atoms with Crippen LogP contribution in [0.15, 0.2) is 53.4 Å². The second-order valence-corrected chi connectivity index (χ2v) is 3.61. The van der Waals surface area contributed by atoms with E-state index in [1.54, 1.807) is 12.1 Å². The Bertz CT molecular complexity index is 374. The van der Waals surface area contributed by atoms with Crippen LogP contribution in [0.1, 0.15) is 0 Å². The van der Waals surface area contributed by atoms with Crippen LogP contribution in [-0.2, 0) is 0 Å². The molecule has 0 aliphatic carbocycles. The zero-order valence-electron chi connectivity index (χ0n) is 7.51. The van der Waals surface area contributed by atoms with E-state index >= 15 is 0 Å². The predicted molar refractivity (Wildman–Crippen MR) is 60.8 cm³/mol. The molecule has 0 saturated carbocycles. The fraction of sp³-hybridized carbons (Fsp3) is 0. The van der Waals surface area contributed by atoms with Crippen molar-refractivity contribution < 1.29 is 5.11 Å². The quantitative estimate of drug-likeness (QED) is 0.679. The monoisotopic (exact) mass is 202 g/mol. The molecule has 2 rings (SSSR count). The lowest BCUT2D eigenvalue weighted by Gasteiger charge is -2.01. The van der Waals surface area contributed by atoms with Gasteiger partial charge in [0, 0.05) is 4.90 Å². The highest BCUT2D eigenvalue weighted by molar-refractivity contribution is 7.80. The standard InChI is InChI=1S/C12H10OS/c13-11-5-1-9(2-6-11)10-3-7-12(14)8-4-10/h1-8,13-14H. The predicted octanol–water partition coefficient (Wildman–Crippen LogP) is 3.35. The molecule has 0 unspecified atom stereocenters. The second-order valence-electron chi connectivity index (χ2n) is 3.09. The zero-order valence-corrected chi connectivity index (χ0v) is 8.41. The zero-order chi connectivity index (χ0) is 9.97. The van der Waals surface area contributed by atoms with Gasteiger partial charge in [-0.25, -0.2) is 0 Å². The van der Waals surface area contributed by atoms with Crippen LogP contribution in [0.2, 0.25) is 0 Å². The van der Waals surface area contributed by atoms with Gasteiger partial charge in [-0.3, -0.25) is 0 Å². The Balaban J connectivity index is 2.40. The molecule has 0 aliphatic rings. The maximum absolute atomic E-state index is 9.14. The van der Waals surface area contributed by atoms with Gasteiger partial charge < -0.3 is 5.11 Å². The number of rotatable bonds is 1. The van der Waals surface area contributed by atoms with Crippen molar-refractivity contribution in [3.63, 3.8) is 0 Å². The lowest BCUT2D eigenvalue weighted by atomic mass is 10.1. The van der Waals surface area contributed by atoms with Gasteiger partial charge in [-0.15, -0.1) is 12.6 Å². The molecule has 1 nitrogen and oxygen atoms in total. The molecule has 1 N–H and O–H groups in total. The number of hydrogen-bond acceptors (Lipinski definition) is 2. The van der Waals surface area contributed by atoms with Crippen LogP contribution < -0.4 is 0 Å². The molecule has 0 amide bonds. The van der Waals surface area contributed by atoms with Crippen molar-refractivity contribution in [2.75, 3.05) is 0 Å². The summed E-state index contributed by atoms with van der Waals surface area (Å²) in [6, 6.07) is 15.1. The summed E-state index contributed by atoms with van der Waals surface area (Å²) >= 11 is 4.22. The molecule has 0 saturated heterocycles. The van der Waals surface area contributed by atoms with E-state index in [-0.39, 0.29) is 0 Å².